The molecule has 0 radical (unpaired) electrons. The summed E-state index contributed by atoms with van der Waals surface area (Å²) >= 11 is 0. The molecule has 2 N–H and O–H groups in total. The van der Waals surface area contributed by atoms with Crippen LogP contribution in [0.5, 0.6) is 5.75 Å². The summed E-state index contributed by atoms with van der Waals surface area (Å²) in [5, 5.41) is 3.40. The molecule has 0 saturated carbocycles. The second kappa shape index (κ2) is 4.82. The molecule has 3 nitrogen and oxygen atoms in total. The van der Waals surface area contributed by atoms with Crippen LogP contribution in [0.4, 0.5) is 0 Å². The van der Waals surface area contributed by atoms with Crippen molar-refractivity contribution in [2.75, 3.05) is 13.7 Å². The summed E-state index contributed by atoms with van der Waals surface area (Å²) in [4.78, 5) is 3.33. The first kappa shape index (κ1) is 10.0. The lowest BCUT2D eigenvalue weighted by Gasteiger charge is -2.06. The number of hydrogen-bond donors (Lipinski definition) is 2. The lowest BCUT2D eigenvalue weighted by molar-refractivity contribution is -0.449. The van der Waals surface area contributed by atoms with Crippen LogP contribution >= 0.6 is 0 Å². The van der Waals surface area contributed by atoms with Crippen LogP contribution in [0, 0.1) is 0 Å². The molecule has 80 valence electrons. The van der Waals surface area contributed by atoms with Gasteiger partial charge in [-0.25, -0.2) is 0 Å². The Morgan fingerprint density at radius 3 is 3.00 bits per heavy atom. The second-order valence-electron chi connectivity index (χ2n) is 3.67. The van der Waals surface area contributed by atoms with E-state index in [-0.39, 0.29) is 0 Å². The number of ether oxygens (including phenoxy) is 1. The molecule has 0 unspecified atom stereocenters. The number of para-hydroxylation sites is 1. The van der Waals surface area contributed by atoms with Gasteiger partial charge in [0.05, 0.1) is 20.1 Å². The summed E-state index contributed by atoms with van der Waals surface area (Å²) < 4.78 is 5.29. The molecule has 0 aromatic heterocycles. The molecule has 0 bridgehead atoms. The number of amidine groups is 1. The molecule has 1 aromatic carbocycles. The highest BCUT2D eigenvalue weighted by Crippen LogP contribution is 2.16. The van der Waals surface area contributed by atoms with Crippen LogP contribution in [-0.4, -0.2) is 19.5 Å². The number of nitrogens with one attached hydrogen (secondary N) is 2. The highest BCUT2D eigenvalue weighted by molar-refractivity contribution is 5.77. The number of hydrogen-bond acceptors (Lipinski definition) is 2. The monoisotopic (exact) mass is 205 g/mol. The van der Waals surface area contributed by atoms with E-state index >= 15 is 0 Å². The van der Waals surface area contributed by atoms with Gasteiger partial charge in [0.2, 0.25) is 5.84 Å². The van der Waals surface area contributed by atoms with Gasteiger partial charge in [-0.1, -0.05) is 18.2 Å². The fourth-order valence-electron chi connectivity index (χ4n) is 1.79. The topological polar surface area (TPSA) is 35.2 Å². The fraction of sp³-hybridized carbons (Fsp3) is 0.417. The van der Waals surface area contributed by atoms with Crippen LogP contribution in [0.15, 0.2) is 24.3 Å². The largest absolute Gasteiger partial charge is 0.496 e. The van der Waals surface area contributed by atoms with Gasteiger partial charge in [-0.2, -0.15) is 0 Å². The van der Waals surface area contributed by atoms with Crippen LogP contribution < -0.4 is 15.0 Å². The molecule has 0 amide bonds. The van der Waals surface area contributed by atoms with Crippen molar-refractivity contribution in [3.63, 3.8) is 0 Å². The summed E-state index contributed by atoms with van der Waals surface area (Å²) in [5.74, 6) is 2.20. The van der Waals surface area contributed by atoms with Gasteiger partial charge >= 0.3 is 0 Å². The van der Waals surface area contributed by atoms with E-state index in [2.05, 4.69) is 16.4 Å². The Bertz CT molecular complexity index is 360. The molecular weight excluding hydrogens is 188 g/mol. The van der Waals surface area contributed by atoms with Crippen LogP contribution in [0.25, 0.3) is 0 Å². The SMILES string of the molecule is COc1ccccc1CNC1=[NH+]CCC1. The van der Waals surface area contributed by atoms with Gasteiger partial charge in [0.15, 0.2) is 0 Å². The second-order valence-corrected chi connectivity index (χ2v) is 3.67. The molecule has 0 saturated heterocycles. The van der Waals surface area contributed by atoms with Crippen LogP contribution in [0.2, 0.25) is 0 Å². The van der Waals surface area contributed by atoms with Crippen molar-refractivity contribution < 1.29 is 9.73 Å². The summed E-state index contributed by atoms with van der Waals surface area (Å²) in [6, 6.07) is 8.10. The number of rotatable bonds is 3. The zero-order valence-corrected chi connectivity index (χ0v) is 9.05. The van der Waals surface area contributed by atoms with Gasteiger partial charge in [0.1, 0.15) is 12.3 Å². The quantitative estimate of drug-likeness (QED) is 0.732. The van der Waals surface area contributed by atoms with E-state index in [1.54, 1.807) is 7.11 Å². The standard InChI is InChI=1S/C12H16N2O/c1-15-11-6-3-2-5-10(11)9-14-12-7-4-8-13-12/h2-3,5-6H,4,7-9H2,1H3,(H,13,14)/p+1. The van der Waals surface area contributed by atoms with E-state index in [4.69, 9.17) is 4.74 Å². The minimum Gasteiger partial charge on any atom is -0.496 e. The van der Waals surface area contributed by atoms with Crippen molar-refractivity contribution in [1.82, 2.24) is 5.32 Å². The third-order valence-corrected chi connectivity index (χ3v) is 2.63. The van der Waals surface area contributed by atoms with Crippen molar-refractivity contribution in [2.45, 2.75) is 19.4 Å². The van der Waals surface area contributed by atoms with Gasteiger partial charge in [0.25, 0.3) is 0 Å². The maximum absolute atomic E-state index is 5.29. The minimum absolute atomic E-state index is 0.826. The Kier molecular flexibility index (Phi) is 3.22. The average molecular weight is 205 g/mol. The van der Waals surface area contributed by atoms with E-state index in [0.29, 0.717) is 0 Å². The summed E-state index contributed by atoms with van der Waals surface area (Å²) in [6.07, 6.45) is 2.36. The van der Waals surface area contributed by atoms with E-state index in [9.17, 15) is 0 Å². The third kappa shape index (κ3) is 2.49. The van der Waals surface area contributed by atoms with Crippen LogP contribution in [-0.2, 0) is 6.54 Å². The Labute approximate surface area is 90.2 Å². The summed E-state index contributed by atoms with van der Waals surface area (Å²) in [6.45, 7) is 1.92. The highest BCUT2D eigenvalue weighted by atomic mass is 16.5. The van der Waals surface area contributed by atoms with E-state index in [1.807, 2.05) is 18.2 Å². The first-order chi connectivity index (χ1) is 7.40. The molecule has 0 aliphatic carbocycles. The summed E-state index contributed by atoms with van der Waals surface area (Å²) in [5.41, 5.74) is 1.20. The van der Waals surface area contributed by atoms with E-state index < -0.39 is 0 Å². The molecule has 1 heterocycles. The molecular formula is C12H17N2O+. The average Bonchev–Trinajstić information content (AvgIpc) is 2.79. The predicted molar refractivity (Wildman–Crippen MR) is 59.9 cm³/mol. The maximum Gasteiger partial charge on any atom is 0.242 e. The molecule has 0 atom stereocenters. The zero-order chi connectivity index (χ0) is 10.5. The molecule has 3 heteroatoms. The van der Waals surface area contributed by atoms with Gasteiger partial charge in [-0.15, -0.1) is 0 Å². The Hall–Kier alpha value is -1.51. The lowest BCUT2D eigenvalue weighted by atomic mass is 10.2. The first-order valence-electron chi connectivity index (χ1n) is 5.35. The fourth-order valence-corrected chi connectivity index (χ4v) is 1.79. The number of methoxy groups -OCH3 is 1. The molecule has 1 aromatic rings. The number of benzene rings is 1. The predicted octanol–water partition coefficient (Wildman–Crippen LogP) is 0.0577. The van der Waals surface area contributed by atoms with Crippen LogP contribution in [0.1, 0.15) is 18.4 Å². The van der Waals surface area contributed by atoms with Crippen molar-refractivity contribution in [3.05, 3.63) is 29.8 Å². The van der Waals surface area contributed by atoms with E-state index in [0.717, 1.165) is 25.3 Å². The maximum atomic E-state index is 5.29. The van der Waals surface area contributed by atoms with Crippen molar-refractivity contribution >= 4 is 5.84 Å². The van der Waals surface area contributed by atoms with Crippen molar-refractivity contribution in [2.24, 2.45) is 0 Å². The Morgan fingerprint density at radius 1 is 1.40 bits per heavy atom. The molecule has 0 fully saturated rings. The van der Waals surface area contributed by atoms with Crippen LogP contribution in [0.3, 0.4) is 0 Å². The molecule has 0 spiro atoms. The zero-order valence-electron chi connectivity index (χ0n) is 9.05. The smallest absolute Gasteiger partial charge is 0.242 e. The Morgan fingerprint density at radius 2 is 2.27 bits per heavy atom. The molecule has 2 rings (SSSR count). The summed E-state index contributed by atoms with van der Waals surface area (Å²) in [7, 11) is 1.71. The highest BCUT2D eigenvalue weighted by Gasteiger charge is 2.12. The van der Waals surface area contributed by atoms with Gasteiger partial charge < -0.3 is 4.74 Å². The van der Waals surface area contributed by atoms with Crippen molar-refractivity contribution in [1.29, 1.82) is 0 Å². The Balaban J connectivity index is 1.97. The normalized spacial score (nSPS) is 14.9. The lowest BCUT2D eigenvalue weighted by Crippen LogP contribution is -2.72. The third-order valence-electron chi connectivity index (χ3n) is 2.63. The molecule has 1 aliphatic heterocycles. The van der Waals surface area contributed by atoms with Gasteiger partial charge in [-0.3, -0.25) is 10.3 Å². The minimum atomic E-state index is 0.826. The molecule has 1 aliphatic rings. The first-order valence-corrected chi connectivity index (χ1v) is 5.35. The molecule has 15 heavy (non-hydrogen) atoms. The van der Waals surface area contributed by atoms with Crippen molar-refractivity contribution in [3.8, 4) is 5.75 Å². The van der Waals surface area contributed by atoms with Gasteiger partial charge in [0, 0.05) is 5.56 Å². The van der Waals surface area contributed by atoms with E-state index in [1.165, 1.54) is 17.8 Å². The van der Waals surface area contributed by atoms with Gasteiger partial charge in [-0.05, 0) is 12.5 Å².